The van der Waals surface area contributed by atoms with Crippen LogP contribution in [-0.4, -0.2) is 23.0 Å². The third-order valence-corrected chi connectivity index (χ3v) is 4.40. The number of hydrogen-bond donors (Lipinski definition) is 1. The smallest absolute Gasteiger partial charge is 0.433 e. The number of alkyl halides is 3. The maximum Gasteiger partial charge on any atom is 0.433 e. The van der Waals surface area contributed by atoms with Gasteiger partial charge in [0.25, 0.3) is 0 Å². The first-order valence-electron chi connectivity index (χ1n) is 8.74. The summed E-state index contributed by atoms with van der Waals surface area (Å²) in [6.45, 7) is 0. The lowest BCUT2D eigenvalue weighted by molar-refractivity contribution is -0.141. The van der Waals surface area contributed by atoms with Gasteiger partial charge in [0.15, 0.2) is 17.2 Å². The SMILES string of the molecule is COc1cc(C=CC(=O)Nc2ccc(Br)cc2)ccc1Oc1cc(C(F)(F)F)ncn1. The molecule has 3 aromatic rings. The van der Waals surface area contributed by atoms with E-state index in [1.165, 1.54) is 19.3 Å². The molecular weight excluding hydrogens is 479 g/mol. The second-order valence-electron chi connectivity index (χ2n) is 6.08. The van der Waals surface area contributed by atoms with Gasteiger partial charge in [-0.25, -0.2) is 9.97 Å². The number of ether oxygens (including phenoxy) is 2. The van der Waals surface area contributed by atoms with Gasteiger partial charge in [0, 0.05) is 22.3 Å². The number of anilines is 1. The number of halogens is 4. The van der Waals surface area contributed by atoms with Crippen LogP contribution in [0.3, 0.4) is 0 Å². The minimum atomic E-state index is -4.61. The van der Waals surface area contributed by atoms with Crippen molar-refractivity contribution in [2.24, 2.45) is 0 Å². The molecule has 0 bridgehead atoms. The summed E-state index contributed by atoms with van der Waals surface area (Å²) in [6, 6.07) is 12.5. The van der Waals surface area contributed by atoms with Crippen molar-refractivity contribution in [3.63, 3.8) is 0 Å². The topological polar surface area (TPSA) is 73.3 Å². The van der Waals surface area contributed by atoms with Crippen LogP contribution < -0.4 is 14.8 Å². The van der Waals surface area contributed by atoms with Crippen LogP contribution in [0, 0.1) is 0 Å². The van der Waals surface area contributed by atoms with E-state index in [1.807, 2.05) is 0 Å². The highest BCUT2D eigenvalue weighted by molar-refractivity contribution is 9.10. The number of hydrogen-bond acceptors (Lipinski definition) is 5. The Bertz CT molecular complexity index is 1100. The van der Waals surface area contributed by atoms with Gasteiger partial charge in [0.1, 0.15) is 6.33 Å². The summed E-state index contributed by atoms with van der Waals surface area (Å²) in [5.74, 6) is -0.200. The highest BCUT2D eigenvalue weighted by Crippen LogP contribution is 2.34. The minimum Gasteiger partial charge on any atom is -0.493 e. The largest absolute Gasteiger partial charge is 0.493 e. The summed E-state index contributed by atoms with van der Waals surface area (Å²) in [4.78, 5) is 19.0. The summed E-state index contributed by atoms with van der Waals surface area (Å²) in [6.07, 6.45) is -0.938. The lowest BCUT2D eigenvalue weighted by Crippen LogP contribution is -2.08. The molecule has 0 aliphatic heterocycles. The van der Waals surface area contributed by atoms with E-state index in [0.29, 0.717) is 17.3 Å². The van der Waals surface area contributed by atoms with Crippen molar-refractivity contribution in [3.05, 3.63) is 76.7 Å². The molecule has 0 aliphatic rings. The molecule has 0 spiro atoms. The number of aromatic nitrogens is 2. The van der Waals surface area contributed by atoms with Crippen molar-refractivity contribution in [1.82, 2.24) is 9.97 Å². The Labute approximate surface area is 183 Å². The predicted molar refractivity (Wildman–Crippen MR) is 112 cm³/mol. The molecule has 0 unspecified atom stereocenters. The monoisotopic (exact) mass is 493 g/mol. The lowest BCUT2D eigenvalue weighted by atomic mass is 10.2. The van der Waals surface area contributed by atoms with Crippen LogP contribution in [0.2, 0.25) is 0 Å². The van der Waals surface area contributed by atoms with E-state index in [4.69, 9.17) is 9.47 Å². The normalized spacial score (nSPS) is 11.4. The number of nitrogens with one attached hydrogen (secondary N) is 1. The summed E-state index contributed by atoms with van der Waals surface area (Å²) in [7, 11) is 1.39. The zero-order valence-corrected chi connectivity index (χ0v) is 17.6. The summed E-state index contributed by atoms with van der Waals surface area (Å²) < 4.78 is 49.9. The summed E-state index contributed by atoms with van der Waals surface area (Å²) in [5.41, 5.74) is 0.142. The minimum absolute atomic E-state index is 0.158. The fraction of sp³-hybridized carbons (Fsp3) is 0.0952. The van der Waals surface area contributed by atoms with Crippen molar-refractivity contribution in [1.29, 1.82) is 0 Å². The summed E-state index contributed by atoms with van der Waals surface area (Å²) in [5, 5.41) is 2.72. The van der Waals surface area contributed by atoms with E-state index < -0.39 is 11.9 Å². The van der Waals surface area contributed by atoms with Crippen LogP contribution in [0.5, 0.6) is 17.4 Å². The van der Waals surface area contributed by atoms with Gasteiger partial charge < -0.3 is 14.8 Å². The Hall–Kier alpha value is -3.40. The van der Waals surface area contributed by atoms with Gasteiger partial charge in [-0.15, -0.1) is 0 Å². The van der Waals surface area contributed by atoms with Crippen molar-refractivity contribution in [2.45, 2.75) is 6.18 Å². The van der Waals surface area contributed by atoms with E-state index in [0.717, 1.165) is 10.8 Å². The Balaban J connectivity index is 1.71. The number of amides is 1. The van der Waals surface area contributed by atoms with Gasteiger partial charge in [-0.2, -0.15) is 13.2 Å². The first-order chi connectivity index (χ1) is 14.7. The fourth-order valence-corrected chi connectivity index (χ4v) is 2.69. The second-order valence-corrected chi connectivity index (χ2v) is 7.00. The number of methoxy groups -OCH3 is 1. The molecule has 0 aliphatic carbocycles. The van der Waals surface area contributed by atoms with E-state index in [9.17, 15) is 18.0 Å². The molecular formula is C21H15BrF3N3O3. The zero-order chi connectivity index (χ0) is 22.4. The highest BCUT2D eigenvalue weighted by atomic mass is 79.9. The van der Waals surface area contributed by atoms with Crippen molar-refractivity contribution < 1.29 is 27.4 Å². The zero-order valence-electron chi connectivity index (χ0n) is 16.0. The first-order valence-corrected chi connectivity index (χ1v) is 9.53. The molecule has 0 saturated carbocycles. The molecule has 1 heterocycles. The van der Waals surface area contributed by atoms with Gasteiger partial charge in [-0.1, -0.05) is 22.0 Å². The van der Waals surface area contributed by atoms with Crippen molar-refractivity contribution in [2.75, 3.05) is 12.4 Å². The van der Waals surface area contributed by atoms with E-state index in [2.05, 4.69) is 31.2 Å². The second kappa shape index (κ2) is 9.61. The van der Waals surface area contributed by atoms with Crippen LogP contribution in [0.15, 0.2) is 65.4 Å². The van der Waals surface area contributed by atoms with Crippen molar-refractivity contribution >= 4 is 33.6 Å². The predicted octanol–water partition coefficient (Wildman–Crippen LogP) is 5.71. The molecule has 6 nitrogen and oxygen atoms in total. The third-order valence-electron chi connectivity index (χ3n) is 3.87. The lowest BCUT2D eigenvalue weighted by Gasteiger charge is -2.11. The van der Waals surface area contributed by atoms with Gasteiger partial charge in [-0.3, -0.25) is 4.79 Å². The number of benzene rings is 2. The molecule has 1 N–H and O–H groups in total. The third kappa shape index (κ3) is 6.29. The van der Waals surface area contributed by atoms with Crippen LogP contribution >= 0.6 is 15.9 Å². The fourth-order valence-electron chi connectivity index (χ4n) is 2.42. The van der Waals surface area contributed by atoms with Gasteiger partial charge in [0.05, 0.1) is 7.11 Å². The Morgan fingerprint density at radius 1 is 1.06 bits per heavy atom. The number of carbonyl (C=O) groups excluding carboxylic acids is 1. The molecule has 160 valence electrons. The molecule has 1 amide bonds. The number of nitrogens with zero attached hydrogens (tertiary/aromatic N) is 2. The summed E-state index contributed by atoms with van der Waals surface area (Å²) >= 11 is 3.32. The molecule has 3 rings (SSSR count). The maximum absolute atomic E-state index is 12.8. The van der Waals surface area contributed by atoms with E-state index in [1.54, 1.807) is 42.5 Å². The number of carbonyl (C=O) groups is 1. The van der Waals surface area contributed by atoms with Crippen LogP contribution in [0.1, 0.15) is 11.3 Å². The molecule has 31 heavy (non-hydrogen) atoms. The van der Waals surface area contributed by atoms with Crippen LogP contribution in [0.4, 0.5) is 18.9 Å². The van der Waals surface area contributed by atoms with Crippen LogP contribution in [-0.2, 0) is 11.0 Å². The molecule has 0 atom stereocenters. The molecule has 2 aromatic carbocycles. The quantitative estimate of drug-likeness (QED) is 0.445. The van der Waals surface area contributed by atoms with Gasteiger partial charge in [0.2, 0.25) is 11.8 Å². The molecule has 0 saturated heterocycles. The average molecular weight is 494 g/mol. The standard InChI is InChI=1S/C21H15BrF3N3O3/c1-30-17-10-13(3-9-19(29)28-15-6-4-14(22)5-7-15)2-8-16(17)31-20-11-18(21(23,24)25)26-12-27-20/h2-12H,1H3,(H,28,29). The average Bonchev–Trinajstić information content (AvgIpc) is 2.74. The van der Waals surface area contributed by atoms with Crippen LogP contribution in [0.25, 0.3) is 6.08 Å². The number of rotatable bonds is 6. The highest BCUT2D eigenvalue weighted by Gasteiger charge is 2.33. The maximum atomic E-state index is 12.8. The Morgan fingerprint density at radius 3 is 2.48 bits per heavy atom. The Kier molecular flexibility index (Phi) is 6.91. The van der Waals surface area contributed by atoms with Gasteiger partial charge in [-0.05, 0) is 48.0 Å². The molecule has 0 radical (unpaired) electrons. The molecule has 1 aromatic heterocycles. The van der Waals surface area contributed by atoms with E-state index >= 15 is 0 Å². The molecule has 10 heteroatoms. The molecule has 0 fully saturated rings. The Morgan fingerprint density at radius 2 is 1.81 bits per heavy atom. The van der Waals surface area contributed by atoms with Crippen molar-refractivity contribution in [3.8, 4) is 17.4 Å². The van der Waals surface area contributed by atoms with E-state index in [-0.39, 0.29) is 23.3 Å². The first kappa shape index (κ1) is 22.3. The van der Waals surface area contributed by atoms with Gasteiger partial charge >= 0.3 is 6.18 Å².